The van der Waals surface area contributed by atoms with E-state index in [1.54, 1.807) is 6.07 Å². The molecule has 1 aromatic carbocycles. The summed E-state index contributed by atoms with van der Waals surface area (Å²) >= 11 is 0. The predicted molar refractivity (Wildman–Crippen MR) is 46.9 cm³/mol. The van der Waals surface area contributed by atoms with Crippen LogP contribution in [0.1, 0.15) is 30.9 Å². The van der Waals surface area contributed by atoms with Crippen LogP contribution >= 0.6 is 0 Å². The van der Waals surface area contributed by atoms with Crippen LogP contribution in [0, 0.1) is 6.92 Å². The second kappa shape index (κ2) is 4.54. The Morgan fingerprint density at radius 3 is 2.25 bits per heavy atom. The summed E-state index contributed by atoms with van der Waals surface area (Å²) in [6.07, 6.45) is 0. The minimum atomic E-state index is 0. The molecule has 1 rings (SSSR count). The van der Waals surface area contributed by atoms with E-state index in [0.717, 1.165) is 11.1 Å². The third-order valence-corrected chi connectivity index (χ3v) is 1.81. The monoisotopic (exact) mass is 205 g/mol. The first-order chi connectivity index (χ1) is 5.11. The van der Waals surface area contributed by atoms with Crippen LogP contribution in [0.15, 0.2) is 18.2 Å². The Bertz CT molecular complexity index is 256. The van der Waals surface area contributed by atoms with Gasteiger partial charge in [0.15, 0.2) is 0 Å². The molecule has 0 aliphatic heterocycles. The summed E-state index contributed by atoms with van der Waals surface area (Å²) in [5, 5.41) is 9.46. The van der Waals surface area contributed by atoms with Crippen molar-refractivity contribution in [1.82, 2.24) is 0 Å². The molecule has 1 nitrogen and oxygen atoms in total. The summed E-state index contributed by atoms with van der Waals surface area (Å²) in [5.74, 6) is 0.815. The van der Waals surface area contributed by atoms with Gasteiger partial charge in [0.25, 0.3) is 0 Å². The van der Waals surface area contributed by atoms with Crippen LogP contribution in [-0.4, -0.2) is 5.11 Å². The first-order valence-corrected chi connectivity index (χ1v) is 3.91. The van der Waals surface area contributed by atoms with E-state index in [2.05, 4.69) is 13.8 Å². The van der Waals surface area contributed by atoms with Gasteiger partial charge in [-0.1, -0.05) is 26.0 Å². The number of rotatable bonds is 1. The number of aromatic hydroxyl groups is 1. The van der Waals surface area contributed by atoms with E-state index in [0.29, 0.717) is 11.7 Å². The Morgan fingerprint density at radius 2 is 1.83 bits per heavy atom. The maximum absolute atomic E-state index is 9.46. The number of phenols is 1. The molecule has 0 aromatic heterocycles. The largest absolute Gasteiger partial charge is 0.508 e. The van der Waals surface area contributed by atoms with Crippen LogP contribution in [-0.2, 0) is 17.1 Å². The van der Waals surface area contributed by atoms with Gasteiger partial charge in [-0.15, -0.1) is 0 Å². The zero-order valence-corrected chi connectivity index (χ0v) is 8.82. The molecule has 67 valence electrons. The van der Waals surface area contributed by atoms with Crippen molar-refractivity contribution < 1.29 is 22.2 Å². The van der Waals surface area contributed by atoms with Crippen LogP contribution in [0.25, 0.3) is 0 Å². The molecule has 0 aliphatic carbocycles. The van der Waals surface area contributed by atoms with Crippen molar-refractivity contribution in [2.24, 2.45) is 0 Å². The van der Waals surface area contributed by atoms with Crippen molar-refractivity contribution in [2.45, 2.75) is 26.7 Å². The van der Waals surface area contributed by atoms with Crippen LogP contribution in [0.3, 0.4) is 0 Å². The number of phenolic OH excluding ortho intramolecular Hbond substituents is 1. The van der Waals surface area contributed by atoms with Gasteiger partial charge < -0.3 is 5.11 Å². The Kier molecular flexibility index (Phi) is 4.36. The smallest absolute Gasteiger partial charge is 0.119 e. The molecule has 1 N–H and O–H groups in total. The van der Waals surface area contributed by atoms with Gasteiger partial charge in [-0.2, -0.15) is 0 Å². The molecule has 0 bridgehead atoms. The van der Waals surface area contributed by atoms with Crippen molar-refractivity contribution in [3.8, 4) is 5.75 Å². The minimum absolute atomic E-state index is 0. The maximum Gasteiger partial charge on any atom is 0.119 e. The Hall–Kier alpha value is -0.461. The molecule has 0 heterocycles. The number of hydrogen-bond acceptors (Lipinski definition) is 1. The SMILES string of the molecule is Cc1ccc(C(C)C)c(O)c1.[Mn]. The molecular formula is C10H14MnO. The fraction of sp³-hybridized carbons (Fsp3) is 0.400. The molecule has 0 saturated carbocycles. The van der Waals surface area contributed by atoms with Gasteiger partial charge in [0.1, 0.15) is 5.75 Å². The van der Waals surface area contributed by atoms with E-state index in [4.69, 9.17) is 0 Å². The zero-order valence-electron chi connectivity index (χ0n) is 7.63. The Balaban J connectivity index is 0.00000121. The molecule has 0 saturated heterocycles. The summed E-state index contributed by atoms with van der Waals surface area (Å²) in [5.41, 5.74) is 2.13. The van der Waals surface area contributed by atoms with Gasteiger partial charge in [-0.3, -0.25) is 0 Å². The molecule has 0 unspecified atom stereocenters. The quantitative estimate of drug-likeness (QED) is 0.699. The van der Waals surface area contributed by atoms with E-state index in [9.17, 15) is 5.11 Å². The third kappa shape index (κ3) is 2.54. The number of aryl methyl sites for hydroxylation is 1. The average Bonchev–Trinajstić information content (AvgIpc) is 1.85. The number of benzene rings is 1. The Morgan fingerprint density at radius 1 is 1.25 bits per heavy atom. The minimum Gasteiger partial charge on any atom is -0.508 e. The van der Waals surface area contributed by atoms with Crippen LogP contribution in [0.5, 0.6) is 5.75 Å². The summed E-state index contributed by atoms with van der Waals surface area (Å²) in [6, 6.07) is 5.81. The zero-order chi connectivity index (χ0) is 8.43. The second-order valence-corrected chi connectivity index (χ2v) is 3.22. The van der Waals surface area contributed by atoms with Gasteiger partial charge in [-0.25, -0.2) is 0 Å². The first-order valence-electron chi connectivity index (χ1n) is 3.91. The summed E-state index contributed by atoms with van der Waals surface area (Å²) in [6.45, 7) is 6.12. The van der Waals surface area contributed by atoms with E-state index in [1.165, 1.54) is 0 Å². The van der Waals surface area contributed by atoms with E-state index >= 15 is 0 Å². The van der Waals surface area contributed by atoms with E-state index in [1.807, 2.05) is 19.1 Å². The maximum atomic E-state index is 9.46. The van der Waals surface area contributed by atoms with Crippen LogP contribution in [0.2, 0.25) is 0 Å². The molecule has 2 heteroatoms. The summed E-state index contributed by atoms with van der Waals surface area (Å²) in [4.78, 5) is 0. The molecule has 0 atom stereocenters. The van der Waals surface area contributed by atoms with Gasteiger partial charge in [0.05, 0.1) is 0 Å². The van der Waals surface area contributed by atoms with Crippen molar-refractivity contribution in [1.29, 1.82) is 0 Å². The van der Waals surface area contributed by atoms with Crippen molar-refractivity contribution >= 4 is 0 Å². The molecule has 0 aliphatic rings. The molecular weight excluding hydrogens is 191 g/mol. The third-order valence-electron chi connectivity index (χ3n) is 1.81. The molecule has 0 fully saturated rings. The summed E-state index contributed by atoms with van der Waals surface area (Å²) in [7, 11) is 0. The van der Waals surface area contributed by atoms with Crippen molar-refractivity contribution in [2.75, 3.05) is 0 Å². The molecule has 12 heavy (non-hydrogen) atoms. The van der Waals surface area contributed by atoms with Gasteiger partial charge in [0, 0.05) is 17.1 Å². The van der Waals surface area contributed by atoms with Gasteiger partial charge >= 0.3 is 0 Å². The normalized spacial score (nSPS) is 9.67. The van der Waals surface area contributed by atoms with E-state index in [-0.39, 0.29) is 17.1 Å². The van der Waals surface area contributed by atoms with Crippen molar-refractivity contribution in [3.63, 3.8) is 0 Å². The fourth-order valence-electron chi connectivity index (χ4n) is 1.14. The standard InChI is InChI=1S/C10H14O.Mn/c1-7(2)9-5-4-8(3)6-10(9)11;/h4-7,11H,1-3H3;. The summed E-state index contributed by atoms with van der Waals surface area (Å²) < 4.78 is 0. The van der Waals surface area contributed by atoms with Crippen LogP contribution < -0.4 is 0 Å². The fourth-order valence-corrected chi connectivity index (χ4v) is 1.14. The Labute approximate surface area is 84.3 Å². The second-order valence-electron chi connectivity index (χ2n) is 3.22. The first kappa shape index (κ1) is 11.5. The van der Waals surface area contributed by atoms with Gasteiger partial charge in [0.2, 0.25) is 0 Å². The van der Waals surface area contributed by atoms with Crippen molar-refractivity contribution in [3.05, 3.63) is 29.3 Å². The van der Waals surface area contributed by atoms with Crippen LogP contribution in [0.4, 0.5) is 0 Å². The average molecular weight is 205 g/mol. The topological polar surface area (TPSA) is 20.2 Å². The number of hydrogen-bond donors (Lipinski definition) is 1. The van der Waals surface area contributed by atoms with E-state index < -0.39 is 0 Å². The van der Waals surface area contributed by atoms with Gasteiger partial charge in [-0.05, 0) is 30.0 Å². The predicted octanol–water partition coefficient (Wildman–Crippen LogP) is 2.82. The molecule has 0 spiro atoms. The molecule has 0 amide bonds. The molecule has 1 aromatic rings. The molecule has 1 radical (unpaired) electrons.